The maximum atomic E-state index is 15.0. The molecule has 240 valence electrons. The molecule has 0 radical (unpaired) electrons. The Balaban J connectivity index is 1.21. The molecule has 7 rings (SSSR count). The Morgan fingerprint density at radius 1 is 1.04 bits per heavy atom. The van der Waals surface area contributed by atoms with Crippen molar-refractivity contribution in [3.05, 3.63) is 94.8 Å². The van der Waals surface area contributed by atoms with Crippen LogP contribution >= 0.6 is 0 Å². The van der Waals surface area contributed by atoms with E-state index in [1.54, 1.807) is 30.1 Å². The minimum Gasteiger partial charge on any atom is -0.344 e. The SMILES string of the molecule is CC1=C(C(=O)Nc2ccc3cnccc3c2)C(c2ccc(C(F)(F)F)c(F)c2)n2nc(CN3CCC4(CCN(C)CC4)C3)cc2N1. The lowest BCUT2D eigenvalue weighted by molar-refractivity contribution is -0.140. The van der Waals surface area contributed by atoms with E-state index in [-0.39, 0.29) is 11.1 Å². The number of halogens is 4. The summed E-state index contributed by atoms with van der Waals surface area (Å²) in [6.07, 6.45) is 2.00. The van der Waals surface area contributed by atoms with Crippen molar-refractivity contribution in [3.63, 3.8) is 0 Å². The second kappa shape index (κ2) is 11.5. The van der Waals surface area contributed by atoms with Gasteiger partial charge in [0.25, 0.3) is 5.91 Å². The highest BCUT2D eigenvalue weighted by molar-refractivity contribution is 6.06. The van der Waals surface area contributed by atoms with E-state index in [1.165, 1.54) is 18.9 Å². The van der Waals surface area contributed by atoms with E-state index in [0.29, 0.717) is 29.2 Å². The van der Waals surface area contributed by atoms with Crippen LogP contribution in [-0.4, -0.2) is 63.7 Å². The monoisotopic (exact) mass is 633 g/mol. The van der Waals surface area contributed by atoms with E-state index in [2.05, 4.69) is 32.5 Å². The molecule has 2 saturated heterocycles. The molecular formula is C34H35F4N7O. The molecule has 1 unspecified atom stereocenters. The molecular weight excluding hydrogens is 598 g/mol. The summed E-state index contributed by atoms with van der Waals surface area (Å²) in [7, 11) is 2.16. The Labute approximate surface area is 264 Å². The summed E-state index contributed by atoms with van der Waals surface area (Å²) in [5.41, 5.74) is 1.16. The highest BCUT2D eigenvalue weighted by Gasteiger charge is 2.41. The van der Waals surface area contributed by atoms with Gasteiger partial charge < -0.3 is 15.5 Å². The largest absolute Gasteiger partial charge is 0.419 e. The Morgan fingerprint density at radius 3 is 2.59 bits per heavy atom. The molecule has 1 atom stereocenters. The van der Waals surface area contributed by atoms with E-state index in [0.717, 1.165) is 61.2 Å². The van der Waals surface area contributed by atoms with Crippen molar-refractivity contribution in [2.75, 3.05) is 43.9 Å². The Morgan fingerprint density at radius 2 is 1.83 bits per heavy atom. The lowest BCUT2D eigenvalue weighted by atomic mass is 9.78. The summed E-state index contributed by atoms with van der Waals surface area (Å²) in [5.74, 6) is -1.30. The number of alkyl halides is 3. The number of carbonyl (C=O) groups excluding carboxylic acids is 1. The lowest BCUT2D eigenvalue weighted by Gasteiger charge is -2.37. The van der Waals surface area contributed by atoms with E-state index in [9.17, 15) is 22.4 Å². The first-order valence-corrected chi connectivity index (χ1v) is 15.5. The van der Waals surface area contributed by atoms with Gasteiger partial charge in [-0.3, -0.25) is 14.7 Å². The molecule has 12 heteroatoms. The molecule has 4 aromatic rings. The fourth-order valence-electron chi connectivity index (χ4n) is 7.19. The van der Waals surface area contributed by atoms with Crippen molar-refractivity contribution in [2.45, 2.75) is 44.9 Å². The molecule has 0 saturated carbocycles. The van der Waals surface area contributed by atoms with Crippen molar-refractivity contribution < 1.29 is 22.4 Å². The fourth-order valence-corrected chi connectivity index (χ4v) is 7.19. The number of nitrogens with zero attached hydrogens (tertiary/aromatic N) is 5. The zero-order chi connectivity index (χ0) is 32.2. The molecule has 0 bridgehead atoms. The van der Waals surface area contributed by atoms with Gasteiger partial charge in [0.2, 0.25) is 0 Å². The first-order chi connectivity index (χ1) is 22.0. The molecule has 2 N–H and O–H groups in total. The third-order valence-corrected chi connectivity index (χ3v) is 9.73. The number of anilines is 2. The van der Waals surface area contributed by atoms with Gasteiger partial charge in [-0.05, 0) is 99.6 Å². The van der Waals surface area contributed by atoms with Crippen LogP contribution in [0.3, 0.4) is 0 Å². The van der Waals surface area contributed by atoms with Gasteiger partial charge in [0.15, 0.2) is 0 Å². The number of aromatic nitrogens is 3. The third-order valence-electron chi connectivity index (χ3n) is 9.73. The number of amides is 1. The Bertz CT molecular complexity index is 1840. The number of carbonyl (C=O) groups is 1. The van der Waals surface area contributed by atoms with Gasteiger partial charge in [0.05, 0.1) is 16.8 Å². The summed E-state index contributed by atoms with van der Waals surface area (Å²) in [5, 5.41) is 12.9. The molecule has 2 fully saturated rings. The normalized spacial score (nSPS) is 20.3. The number of likely N-dealkylation sites (tertiary alicyclic amines) is 2. The van der Waals surface area contributed by atoms with Crippen LogP contribution in [-0.2, 0) is 17.5 Å². The average Bonchev–Trinajstić information content (AvgIpc) is 3.60. The van der Waals surface area contributed by atoms with Gasteiger partial charge in [0.1, 0.15) is 17.7 Å². The van der Waals surface area contributed by atoms with Crippen LogP contribution in [0.25, 0.3) is 10.8 Å². The predicted molar refractivity (Wildman–Crippen MR) is 168 cm³/mol. The summed E-state index contributed by atoms with van der Waals surface area (Å²) in [6, 6.07) is 11.0. The number of nitrogens with one attached hydrogen (secondary N) is 2. The number of hydrogen-bond acceptors (Lipinski definition) is 6. The number of benzene rings is 2. The molecule has 2 aromatic carbocycles. The summed E-state index contributed by atoms with van der Waals surface area (Å²) in [6.45, 7) is 6.45. The van der Waals surface area contributed by atoms with Gasteiger partial charge in [-0.25, -0.2) is 9.07 Å². The maximum absolute atomic E-state index is 15.0. The molecule has 1 amide bonds. The van der Waals surface area contributed by atoms with Crippen LogP contribution in [0.2, 0.25) is 0 Å². The molecule has 5 heterocycles. The van der Waals surface area contributed by atoms with E-state index in [4.69, 9.17) is 5.10 Å². The topological polar surface area (TPSA) is 78.3 Å². The number of fused-ring (bicyclic) bond motifs is 2. The molecule has 46 heavy (non-hydrogen) atoms. The van der Waals surface area contributed by atoms with Crippen LogP contribution in [0.15, 0.2) is 72.2 Å². The molecule has 8 nitrogen and oxygen atoms in total. The van der Waals surface area contributed by atoms with Crippen LogP contribution in [0.4, 0.5) is 29.1 Å². The van der Waals surface area contributed by atoms with Crippen molar-refractivity contribution in [3.8, 4) is 0 Å². The van der Waals surface area contributed by atoms with Crippen molar-refractivity contribution in [2.24, 2.45) is 5.41 Å². The fraction of sp³-hybridized carbons (Fsp3) is 0.382. The van der Waals surface area contributed by atoms with Crippen molar-refractivity contribution in [1.29, 1.82) is 0 Å². The minimum absolute atomic E-state index is 0.184. The molecule has 2 aromatic heterocycles. The minimum atomic E-state index is -4.85. The van der Waals surface area contributed by atoms with Gasteiger partial charge in [-0.15, -0.1) is 0 Å². The lowest BCUT2D eigenvalue weighted by Crippen LogP contribution is -2.39. The summed E-state index contributed by atoms with van der Waals surface area (Å²) < 4.78 is 57.0. The smallest absolute Gasteiger partial charge is 0.344 e. The maximum Gasteiger partial charge on any atom is 0.419 e. The Kier molecular flexibility index (Phi) is 7.59. The van der Waals surface area contributed by atoms with Crippen molar-refractivity contribution in [1.82, 2.24) is 24.6 Å². The first kappa shape index (κ1) is 30.4. The van der Waals surface area contributed by atoms with Crippen LogP contribution < -0.4 is 10.6 Å². The van der Waals surface area contributed by atoms with Crippen molar-refractivity contribution >= 4 is 28.2 Å². The predicted octanol–water partition coefficient (Wildman–Crippen LogP) is 6.43. The van der Waals surface area contributed by atoms with Crippen LogP contribution in [0.1, 0.15) is 49.0 Å². The second-order valence-corrected chi connectivity index (χ2v) is 12.9. The number of pyridine rings is 1. The van der Waals surface area contributed by atoms with Gasteiger partial charge in [-0.1, -0.05) is 12.1 Å². The van der Waals surface area contributed by atoms with E-state index < -0.39 is 29.5 Å². The van der Waals surface area contributed by atoms with Gasteiger partial charge >= 0.3 is 6.18 Å². The van der Waals surface area contributed by atoms with Gasteiger partial charge in [-0.2, -0.15) is 18.3 Å². The third kappa shape index (κ3) is 5.75. The summed E-state index contributed by atoms with van der Waals surface area (Å²) in [4.78, 5) is 22.8. The highest BCUT2D eigenvalue weighted by Crippen LogP contribution is 2.42. The quantitative estimate of drug-likeness (QED) is 0.247. The standard InChI is InChI=1S/C34H35F4N7O/c1-21-30(32(46)41-25-5-3-24-18-39-11-7-22(24)15-25)31(23-4-6-27(28(35)16-23)34(36,37)38)45-29(40-21)17-26(42-45)19-44-14-10-33(20-44)8-12-43(2)13-9-33/h3-7,11,15-18,31,40H,8-10,12-14,19-20H2,1-2H3,(H,41,46). The molecule has 3 aliphatic rings. The molecule has 0 aliphatic carbocycles. The second-order valence-electron chi connectivity index (χ2n) is 12.9. The highest BCUT2D eigenvalue weighted by atomic mass is 19.4. The number of rotatable bonds is 5. The Hall–Kier alpha value is -4.29. The number of piperidine rings is 1. The zero-order valence-corrected chi connectivity index (χ0v) is 25.7. The first-order valence-electron chi connectivity index (χ1n) is 15.5. The summed E-state index contributed by atoms with van der Waals surface area (Å²) >= 11 is 0. The van der Waals surface area contributed by atoms with E-state index >= 15 is 0 Å². The molecule has 1 spiro atoms. The van der Waals surface area contributed by atoms with Gasteiger partial charge in [0, 0.05) is 48.3 Å². The number of hydrogen-bond donors (Lipinski definition) is 2. The number of allylic oxidation sites excluding steroid dienone is 1. The zero-order valence-electron chi connectivity index (χ0n) is 25.7. The average molecular weight is 634 g/mol. The van der Waals surface area contributed by atoms with E-state index in [1.807, 2.05) is 24.3 Å². The molecule has 3 aliphatic heterocycles. The van der Waals surface area contributed by atoms with Crippen LogP contribution in [0.5, 0.6) is 0 Å². The van der Waals surface area contributed by atoms with Crippen LogP contribution in [0, 0.1) is 11.2 Å².